The fourth-order valence-electron chi connectivity index (χ4n) is 2.45. The highest BCUT2D eigenvalue weighted by Crippen LogP contribution is 2.43. The first kappa shape index (κ1) is 15.5. The predicted molar refractivity (Wildman–Crippen MR) is 74.0 cm³/mol. The smallest absolute Gasteiger partial charge is 0.317 e. The summed E-state index contributed by atoms with van der Waals surface area (Å²) < 4.78 is 0. The Labute approximate surface area is 114 Å². The summed E-state index contributed by atoms with van der Waals surface area (Å²) in [5.74, 6) is -0.791. The molecule has 1 rings (SSSR count). The molecule has 1 aliphatic rings. The summed E-state index contributed by atoms with van der Waals surface area (Å²) in [4.78, 5) is 24.6. The van der Waals surface area contributed by atoms with Gasteiger partial charge in [0.2, 0.25) is 0 Å². The Morgan fingerprint density at radius 1 is 1.47 bits per heavy atom. The maximum absolute atomic E-state index is 12.1. The first-order valence-electron chi connectivity index (χ1n) is 6.77. The topological polar surface area (TPSA) is 69.6 Å². The van der Waals surface area contributed by atoms with E-state index < -0.39 is 5.97 Å². The van der Waals surface area contributed by atoms with E-state index in [9.17, 15) is 9.59 Å². The molecule has 5 heteroatoms. The molecule has 108 valence electrons. The van der Waals surface area contributed by atoms with Crippen molar-refractivity contribution < 1.29 is 14.7 Å². The van der Waals surface area contributed by atoms with Crippen molar-refractivity contribution in [1.82, 2.24) is 10.2 Å². The van der Waals surface area contributed by atoms with Gasteiger partial charge in [0.15, 0.2) is 0 Å². The van der Waals surface area contributed by atoms with Crippen LogP contribution in [0.3, 0.4) is 0 Å². The SMILES string of the molecule is C=CCN(C(=O)NCC1(CC(=O)O)CCC1)C(C)C. The lowest BCUT2D eigenvalue weighted by molar-refractivity contribution is -0.141. The normalized spacial score (nSPS) is 16.6. The van der Waals surface area contributed by atoms with E-state index in [-0.39, 0.29) is 23.9 Å². The van der Waals surface area contributed by atoms with Gasteiger partial charge in [-0.3, -0.25) is 4.79 Å². The van der Waals surface area contributed by atoms with E-state index in [2.05, 4.69) is 11.9 Å². The molecular weight excluding hydrogens is 244 g/mol. The number of nitrogens with zero attached hydrogens (tertiary/aromatic N) is 1. The second-order valence-corrected chi connectivity index (χ2v) is 5.62. The van der Waals surface area contributed by atoms with Crippen LogP contribution in [0.15, 0.2) is 12.7 Å². The average molecular weight is 268 g/mol. The zero-order chi connectivity index (χ0) is 14.5. The summed E-state index contributed by atoms with van der Waals surface area (Å²) >= 11 is 0. The maximum Gasteiger partial charge on any atom is 0.317 e. The van der Waals surface area contributed by atoms with E-state index in [1.165, 1.54) is 0 Å². The van der Waals surface area contributed by atoms with Crippen molar-refractivity contribution in [1.29, 1.82) is 0 Å². The summed E-state index contributed by atoms with van der Waals surface area (Å²) in [6.07, 6.45) is 4.63. The molecule has 0 radical (unpaired) electrons. The zero-order valence-corrected chi connectivity index (χ0v) is 11.8. The molecule has 0 heterocycles. The molecule has 2 amide bonds. The molecule has 19 heavy (non-hydrogen) atoms. The standard InChI is InChI=1S/C14H24N2O3/c1-4-8-16(11(2)3)13(19)15-10-14(6-5-7-14)9-12(17)18/h4,11H,1,5-10H2,2-3H3,(H,15,19)(H,17,18). The van der Waals surface area contributed by atoms with Crippen LogP contribution in [0.5, 0.6) is 0 Å². The summed E-state index contributed by atoms with van der Waals surface area (Å²) in [6, 6.07) is -0.0543. The van der Waals surface area contributed by atoms with Gasteiger partial charge in [0.05, 0.1) is 6.42 Å². The number of urea groups is 1. The Kier molecular flexibility index (Phi) is 5.39. The zero-order valence-electron chi connectivity index (χ0n) is 11.8. The minimum atomic E-state index is -0.791. The van der Waals surface area contributed by atoms with Crippen LogP contribution in [0.1, 0.15) is 39.5 Å². The number of carboxylic acid groups (broad SMARTS) is 1. The van der Waals surface area contributed by atoms with Crippen LogP contribution in [0.25, 0.3) is 0 Å². The van der Waals surface area contributed by atoms with E-state index in [0.29, 0.717) is 13.1 Å². The van der Waals surface area contributed by atoms with E-state index in [1.54, 1.807) is 11.0 Å². The number of carbonyl (C=O) groups excluding carboxylic acids is 1. The molecule has 5 nitrogen and oxygen atoms in total. The molecule has 1 fully saturated rings. The largest absolute Gasteiger partial charge is 0.481 e. The number of rotatable bonds is 7. The van der Waals surface area contributed by atoms with Crippen LogP contribution in [0, 0.1) is 5.41 Å². The molecule has 1 aliphatic carbocycles. The van der Waals surface area contributed by atoms with Crippen molar-refractivity contribution in [3.05, 3.63) is 12.7 Å². The molecule has 0 spiro atoms. The van der Waals surface area contributed by atoms with Gasteiger partial charge >= 0.3 is 12.0 Å². The van der Waals surface area contributed by atoms with Gasteiger partial charge in [-0.25, -0.2) is 4.79 Å². The number of nitrogens with one attached hydrogen (secondary N) is 1. The molecule has 0 aromatic rings. The highest BCUT2D eigenvalue weighted by molar-refractivity contribution is 5.75. The second-order valence-electron chi connectivity index (χ2n) is 5.62. The Morgan fingerprint density at radius 2 is 2.11 bits per heavy atom. The van der Waals surface area contributed by atoms with Gasteiger partial charge in [-0.1, -0.05) is 12.5 Å². The lowest BCUT2D eigenvalue weighted by atomic mass is 9.66. The monoisotopic (exact) mass is 268 g/mol. The van der Waals surface area contributed by atoms with Gasteiger partial charge in [0, 0.05) is 19.1 Å². The van der Waals surface area contributed by atoms with Gasteiger partial charge in [0.25, 0.3) is 0 Å². The highest BCUT2D eigenvalue weighted by atomic mass is 16.4. The number of aliphatic carboxylic acids is 1. The highest BCUT2D eigenvalue weighted by Gasteiger charge is 2.39. The van der Waals surface area contributed by atoms with Crippen molar-refractivity contribution in [2.75, 3.05) is 13.1 Å². The first-order chi connectivity index (χ1) is 8.90. The minimum Gasteiger partial charge on any atom is -0.481 e. The van der Waals surface area contributed by atoms with Crippen LogP contribution in [-0.4, -0.2) is 41.1 Å². The molecule has 0 atom stereocenters. The lowest BCUT2D eigenvalue weighted by Crippen LogP contribution is -2.49. The average Bonchev–Trinajstić information content (AvgIpc) is 2.28. The first-order valence-corrected chi connectivity index (χ1v) is 6.77. The Bertz CT molecular complexity index is 349. The van der Waals surface area contributed by atoms with Crippen LogP contribution >= 0.6 is 0 Å². The molecular formula is C14H24N2O3. The second kappa shape index (κ2) is 6.59. The fraction of sp³-hybridized carbons (Fsp3) is 0.714. The molecule has 0 aliphatic heterocycles. The molecule has 0 saturated heterocycles. The van der Waals surface area contributed by atoms with E-state index in [0.717, 1.165) is 19.3 Å². The number of carboxylic acids is 1. The van der Waals surface area contributed by atoms with Crippen molar-refractivity contribution in [2.24, 2.45) is 5.41 Å². The van der Waals surface area contributed by atoms with Crippen molar-refractivity contribution in [3.8, 4) is 0 Å². The van der Waals surface area contributed by atoms with Gasteiger partial charge in [-0.2, -0.15) is 0 Å². The van der Waals surface area contributed by atoms with E-state index >= 15 is 0 Å². The summed E-state index contributed by atoms with van der Waals surface area (Å²) in [5.41, 5.74) is -0.238. The van der Waals surface area contributed by atoms with E-state index in [4.69, 9.17) is 5.11 Å². The molecule has 0 aromatic carbocycles. The Morgan fingerprint density at radius 3 is 2.47 bits per heavy atom. The third-order valence-corrected chi connectivity index (χ3v) is 3.77. The number of carbonyl (C=O) groups is 2. The number of hydrogen-bond donors (Lipinski definition) is 2. The summed E-state index contributed by atoms with van der Waals surface area (Å²) in [6.45, 7) is 8.47. The van der Waals surface area contributed by atoms with Gasteiger partial charge < -0.3 is 15.3 Å². The van der Waals surface area contributed by atoms with Crippen molar-refractivity contribution >= 4 is 12.0 Å². The summed E-state index contributed by atoms with van der Waals surface area (Å²) in [5, 5.41) is 11.8. The molecule has 0 aromatic heterocycles. The molecule has 0 bridgehead atoms. The van der Waals surface area contributed by atoms with Gasteiger partial charge in [-0.05, 0) is 32.1 Å². The maximum atomic E-state index is 12.1. The van der Waals surface area contributed by atoms with Crippen LogP contribution in [0.4, 0.5) is 4.79 Å². The number of amides is 2. The van der Waals surface area contributed by atoms with Crippen LogP contribution in [-0.2, 0) is 4.79 Å². The Hall–Kier alpha value is -1.52. The van der Waals surface area contributed by atoms with Gasteiger partial charge in [-0.15, -0.1) is 6.58 Å². The quantitative estimate of drug-likeness (QED) is 0.696. The van der Waals surface area contributed by atoms with Crippen LogP contribution < -0.4 is 5.32 Å². The predicted octanol–water partition coefficient (Wildman–Crippen LogP) is 2.24. The third kappa shape index (κ3) is 4.26. The van der Waals surface area contributed by atoms with Crippen molar-refractivity contribution in [3.63, 3.8) is 0 Å². The molecule has 1 saturated carbocycles. The Balaban J connectivity index is 2.51. The van der Waals surface area contributed by atoms with Crippen molar-refractivity contribution in [2.45, 2.75) is 45.6 Å². The summed E-state index contributed by atoms with van der Waals surface area (Å²) in [7, 11) is 0. The van der Waals surface area contributed by atoms with E-state index in [1.807, 2.05) is 13.8 Å². The molecule has 2 N–H and O–H groups in total. The molecule has 0 unspecified atom stereocenters. The number of hydrogen-bond acceptors (Lipinski definition) is 2. The minimum absolute atomic E-state index is 0.0924. The third-order valence-electron chi connectivity index (χ3n) is 3.77. The lowest BCUT2D eigenvalue weighted by Gasteiger charge is -2.41. The van der Waals surface area contributed by atoms with Gasteiger partial charge in [0.1, 0.15) is 0 Å². The van der Waals surface area contributed by atoms with Crippen LogP contribution in [0.2, 0.25) is 0 Å². The fourth-order valence-corrected chi connectivity index (χ4v) is 2.45.